The lowest BCUT2D eigenvalue weighted by molar-refractivity contribution is 0.128. The number of methoxy groups -OCH3 is 1. The maximum absolute atomic E-state index is 5.16. The number of halogens is 1. The van der Waals surface area contributed by atoms with Gasteiger partial charge in [-0.05, 0) is 33.6 Å². The molecule has 0 saturated carbocycles. The van der Waals surface area contributed by atoms with E-state index in [1.165, 1.54) is 4.88 Å². The summed E-state index contributed by atoms with van der Waals surface area (Å²) in [6.07, 6.45) is 2.29. The van der Waals surface area contributed by atoms with Crippen molar-refractivity contribution in [3.63, 3.8) is 0 Å². The molecular weight excluding hydrogens is 449 g/mol. The highest BCUT2D eigenvalue weighted by Crippen LogP contribution is 2.18. The second-order valence-corrected chi connectivity index (χ2v) is 7.48. The van der Waals surface area contributed by atoms with Crippen LogP contribution in [0.3, 0.4) is 0 Å². The zero-order valence-corrected chi connectivity index (χ0v) is 18.9. The summed E-state index contributed by atoms with van der Waals surface area (Å²) in [5, 5.41) is 8.07. The lowest BCUT2D eigenvalue weighted by atomic mass is 10.1. The Hall–Kier alpha value is -0.450. The highest BCUT2D eigenvalue weighted by atomic mass is 127. The summed E-state index contributed by atoms with van der Waals surface area (Å²) in [4.78, 5) is 12.9. The average Bonchev–Trinajstić information content (AvgIpc) is 2.90. The quantitative estimate of drug-likeness (QED) is 0.356. The number of likely N-dealkylation sites (tertiary alicyclic amines) is 1. The maximum atomic E-state index is 5.16. The molecule has 144 valence electrons. The molecule has 1 aliphatic rings. The molecule has 0 atom stereocenters. The largest absolute Gasteiger partial charge is 0.383 e. The molecule has 1 aromatic heterocycles. The predicted octanol–water partition coefficient (Wildman–Crippen LogP) is 2.54. The second-order valence-electron chi connectivity index (χ2n) is 6.19. The van der Waals surface area contributed by atoms with Gasteiger partial charge in [-0.1, -0.05) is 0 Å². The molecule has 0 unspecified atom stereocenters. The number of aromatic nitrogens is 1. The molecule has 2 N–H and O–H groups in total. The lowest BCUT2D eigenvalue weighted by Gasteiger charge is -2.32. The Bertz CT molecular complexity index is 529. The molecule has 2 heterocycles. The monoisotopic (exact) mass is 481 g/mol. The van der Waals surface area contributed by atoms with E-state index in [1.807, 2.05) is 6.92 Å². The smallest absolute Gasteiger partial charge is 0.191 e. The zero-order chi connectivity index (χ0) is 17.4. The first-order valence-electron chi connectivity index (χ1n) is 8.81. The first-order valence-corrected chi connectivity index (χ1v) is 9.63. The molecular formula is C17H32IN5OS. The standard InChI is InChI=1S/C17H31N5OS.HI/c1-5-18-17(19-12-16-13(2)20-14(3)24-16)21-15-6-8-22(9-7-15)10-11-23-4;/h15H,5-12H2,1-4H3,(H2,18,19,21);1H. The molecule has 0 spiro atoms. The Morgan fingerprint density at radius 3 is 2.64 bits per heavy atom. The first-order chi connectivity index (χ1) is 11.6. The van der Waals surface area contributed by atoms with Crippen molar-refractivity contribution in [2.75, 3.05) is 39.9 Å². The Labute approximate surface area is 172 Å². The SMILES string of the molecule is CCNC(=NCc1sc(C)nc1C)NC1CCN(CCOC)CC1.I. The van der Waals surface area contributed by atoms with Crippen molar-refractivity contribution in [2.24, 2.45) is 4.99 Å². The normalized spacial score (nSPS) is 16.6. The summed E-state index contributed by atoms with van der Waals surface area (Å²) >= 11 is 1.74. The zero-order valence-electron chi connectivity index (χ0n) is 15.8. The molecule has 1 aromatic rings. The van der Waals surface area contributed by atoms with Crippen molar-refractivity contribution in [3.8, 4) is 0 Å². The van der Waals surface area contributed by atoms with Gasteiger partial charge in [0.15, 0.2) is 5.96 Å². The van der Waals surface area contributed by atoms with Gasteiger partial charge in [0.1, 0.15) is 0 Å². The Balaban J connectivity index is 0.00000312. The number of rotatable bonds is 7. The van der Waals surface area contributed by atoms with Crippen molar-refractivity contribution in [3.05, 3.63) is 15.6 Å². The molecule has 1 fully saturated rings. The van der Waals surface area contributed by atoms with Crippen LogP contribution in [-0.2, 0) is 11.3 Å². The number of ether oxygens (including phenoxy) is 1. The minimum absolute atomic E-state index is 0. The van der Waals surface area contributed by atoms with Crippen LogP contribution in [0.15, 0.2) is 4.99 Å². The third kappa shape index (κ3) is 7.76. The van der Waals surface area contributed by atoms with E-state index in [-0.39, 0.29) is 24.0 Å². The summed E-state index contributed by atoms with van der Waals surface area (Å²) in [6.45, 7) is 11.9. The van der Waals surface area contributed by atoms with Crippen molar-refractivity contribution >= 4 is 41.3 Å². The fraction of sp³-hybridized carbons (Fsp3) is 0.765. The second kappa shape index (κ2) is 12.0. The molecule has 0 radical (unpaired) electrons. The van der Waals surface area contributed by atoms with E-state index in [2.05, 4.69) is 34.4 Å². The minimum atomic E-state index is 0. The summed E-state index contributed by atoms with van der Waals surface area (Å²) in [6, 6.07) is 0.492. The van der Waals surface area contributed by atoms with Gasteiger partial charge in [0.25, 0.3) is 0 Å². The molecule has 6 nitrogen and oxygen atoms in total. The van der Waals surface area contributed by atoms with E-state index >= 15 is 0 Å². The third-order valence-corrected chi connectivity index (χ3v) is 5.32. The number of aryl methyl sites for hydroxylation is 2. The highest BCUT2D eigenvalue weighted by Gasteiger charge is 2.19. The molecule has 2 rings (SSSR count). The lowest BCUT2D eigenvalue weighted by Crippen LogP contribution is -2.49. The van der Waals surface area contributed by atoms with E-state index < -0.39 is 0 Å². The fourth-order valence-electron chi connectivity index (χ4n) is 2.91. The summed E-state index contributed by atoms with van der Waals surface area (Å²) in [5.41, 5.74) is 1.10. The molecule has 0 amide bonds. The number of hydrogen-bond acceptors (Lipinski definition) is 5. The van der Waals surface area contributed by atoms with Gasteiger partial charge in [-0.15, -0.1) is 35.3 Å². The maximum Gasteiger partial charge on any atom is 0.191 e. The number of guanidine groups is 1. The van der Waals surface area contributed by atoms with Gasteiger partial charge >= 0.3 is 0 Å². The van der Waals surface area contributed by atoms with Crippen molar-refractivity contribution < 1.29 is 4.74 Å². The van der Waals surface area contributed by atoms with E-state index in [9.17, 15) is 0 Å². The van der Waals surface area contributed by atoms with Crippen molar-refractivity contribution in [2.45, 2.75) is 46.2 Å². The number of nitrogens with zero attached hydrogens (tertiary/aromatic N) is 3. The van der Waals surface area contributed by atoms with E-state index in [1.54, 1.807) is 18.4 Å². The number of nitrogens with one attached hydrogen (secondary N) is 2. The van der Waals surface area contributed by atoms with E-state index in [0.717, 1.165) is 62.3 Å². The Morgan fingerprint density at radius 1 is 1.36 bits per heavy atom. The fourth-order valence-corrected chi connectivity index (χ4v) is 3.77. The van der Waals surface area contributed by atoms with Crippen LogP contribution in [-0.4, -0.2) is 61.8 Å². The average molecular weight is 481 g/mol. The van der Waals surface area contributed by atoms with Crippen LogP contribution in [0.2, 0.25) is 0 Å². The van der Waals surface area contributed by atoms with Crippen LogP contribution in [0.1, 0.15) is 35.3 Å². The van der Waals surface area contributed by atoms with Gasteiger partial charge in [0.2, 0.25) is 0 Å². The Morgan fingerprint density at radius 2 is 2.08 bits per heavy atom. The molecule has 0 aromatic carbocycles. The van der Waals surface area contributed by atoms with Gasteiger partial charge in [0, 0.05) is 44.2 Å². The van der Waals surface area contributed by atoms with Crippen LogP contribution in [0.5, 0.6) is 0 Å². The van der Waals surface area contributed by atoms with Gasteiger partial charge in [-0.25, -0.2) is 9.98 Å². The van der Waals surface area contributed by atoms with Crippen LogP contribution >= 0.6 is 35.3 Å². The van der Waals surface area contributed by atoms with Gasteiger partial charge < -0.3 is 20.3 Å². The molecule has 0 aliphatic carbocycles. The van der Waals surface area contributed by atoms with Crippen LogP contribution in [0, 0.1) is 13.8 Å². The summed E-state index contributed by atoms with van der Waals surface area (Å²) in [7, 11) is 1.76. The topological polar surface area (TPSA) is 61.8 Å². The van der Waals surface area contributed by atoms with Crippen LogP contribution in [0.4, 0.5) is 0 Å². The number of piperidine rings is 1. The number of aliphatic imine (C=N–C) groups is 1. The molecule has 25 heavy (non-hydrogen) atoms. The van der Waals surface area contributed by atoms with Crippen molar-refractivity contribution in [1.29, 1.82) is 0 Å². The summed E-state index contributed by atoms with van der Waals surface area (Å²) in [5.74, 6) is 0.915. The van der Waals surface area contributed by atoms with E-state index in [4.69, 9.17) is 9.73 Å². The minimum Gasteiger partial charge on any atom is -0.383 e. The molecule has 1 aliphatic heterocycles. The van der Waals surface area contributed by atoms with Crippen molar-refractivity contribution in [1.82, 2.24) is 20.5 Å². The molecule has 8 heteroatoms. The molecule has 1 saturated heterocycles. The van der Waals surface area contributed by atoms with Gasteiger partial charge in [-0.2, -0.15) is 0 Å². The first kappa shape index (κ1) is 22.6. The van der Waals surface area contributed by atoms with E-state index in [0.29, 0.717) is 12.6 Å². The van der Waals surface area contributed by atoms with Crippen LogP contribution in [0.25, 0.3) is 0 Å². The highest BCUT2D eigenvalue weighted by molar-refractivity contribution is 14.0. The number of hydrogen-bond donors (Lipinski definition) is 2. The van der Waals surface area contributed by atoms with Gasteiger partial charge in [0.05, 0.1) is 23.9 Å². The summed E-state index contributed by atoms with van der Waals surface area (Å²) < 4.78 is 5.16. The third-order valence-electron chi connectivity index (χ3n) is 4.26. The van der Waals surface area contributed by atoms with Crippen LogP contribution < -0.4 is 10.6 Å². The molecule has 0 bridgehead atoms. The number of thiazole rings is 1. The van der Waals surface area contributed by atoms with Gasteiger partial charge in [-0.3, -0.25) is 0 Å². The Kier molecular flexibility index (Phi) is 10.9. The predicted molar refractivity (Wildman–Crippen MR) is 116 cm³/mol.